The molecule has 1 N–H and O–H groups in total. The zero-order chi connectivity index (χ0) is 16.0. The van der Waals surface area contributed by atoms with Crippen molar-refractivity contribution in [3.8, 4) is 0 Å². The molecule has 0 bridgehead atoms. The summed E-state index contributed by atoms with van der Waals surface area (Å²) in [5.41, 5.74) is 0. The van der Waals surface area contributed by atoms with Gasteiger partial charge in [-0.2, -0.15) is 9.37 Å². The molecule has 2 fully saturated rings. The summed E-state index contributed by atoms with van der Waals surface area (Å²) in [5, 5.41) is 4.62. The fourth-order valence-corrected chi connectivity index (χ4v) is 3.33. The number of nitrogens with zero attached hydrogens (tertiary/aromatic N) is 2. The van der Waals surface area contributed by atoms with E-state index in [9.17, 15) is 13.2 Å². The van der Waals surface area contributed by atoms with E-state index in [1.54, 1.807) is 0 Å². The Kier molecular flexibility index (Phi) is 6.57. The Morgan fingerprint density at radius 3 is 2.77 bits per heavy atom. The van der Waals surface area contributed by atoms with Gasteiger partial charge in [-0.15, -0.1) is 0 Å². The molecule has 0 aromatic rings. The molecule has 8 nitrogen and oxygen atoms in total. The fourth-order valence-electron chi connectivity index (χ4n) is 2.48. The Morgan fingerprint density at radius 1 is 1.27 bits per heavy atom. The lowest BCUT2D eigenvalue weighted by Gasteiger charge is -2.31. The van der Waals surface area contributed by atoms with Crippen LogP contribution in [0.3, 0.4) is 0 Å². The molecule has 2 aliphatic heterocycles. The van der Waals surface area contributed by atoms with Crippen molar-refractivity contribution in [1.82, 2.24) is 14.7 Å². The molecular weight excluding hydrogens is 310 g/mol. The number of hydrogen-bond donors (Lipinski definition) is 1. The van der Waals surface area contributed by atoms with E-state index in [4.69, 9.17) is 9.57 Å². The van der Waals surface area contributed by atoms with Gasteiger partial charge in [-0.25, -0.2) is 8.42 Å². The normalized spacial score (nSPS) is 25.0. The summed E-state index contributed by atoms with van der Waals surface area (Å²) >= 11 is 0. The second kappa shape index (κ2) is 8.21. The van der Waals surface area contributed by atoms with Gasteiger partial charge < -0.3 is 10.1 Å². The SMILES string of the molecule is CS(=O)(=O)N1CCO[C@@H](CNC(=O)CCN2CCCCO2)C1. The number of morpholine rings is 1. The van der Waals surface area contributed by atoms with E-state index >= 15 is 0 Å². The van der Waals surface area contributed by atoms with Gasteiger partial charge in [-0.3, -0.25) is 9.63 Å². The minimum Gasteiger partial charge on any atom is -0.374 e. The lowest BCUT2D eigenvalue weighted by Crippen LogP contribution is -2.49. The number of ether oxygens (including phenoxy) is 1. The lowest BCUT2D eigenvalue weighted by molar-refractivity contribution is -0.181. The summed E-state index contributed by atoms with van der Waals surface area (Å²) in [4.78, 5) is 17.3. The molecule has 0 aliphatic carbocycles. The van der Waals surface area contributed by atoms with Gasteiger partial charge >= 0.3 is 0 Å². The zero-order valence-corrected chi connectivity index (χ0v) is 13.8. The maximum absolute atomic E-state index is 11.8. The van der Waals surface area contributed by atoms with Crippen LogP contribution in [0.4, 0.5) is 0 Å². The van der Waals surface area contributed by atoms with Gasteiger partial charge in [0, 0.05) is 39.1 Å². The smallest absolute Gasteiger partial charge is 0.221 e. The second-order valence-electron chi connectivity index (χ2n) is 5.64. The summed E-state index contributed by atoms with van der Waals surface area (Å²) in [6.45, 7) is 3.50. The van der Waals surface area contributed by atoms with Crippen LogP contribution in [0.5, 0.6) is 0 Å². The molecule has 2 heterocycles. The molecule has 0 saturated carbocycles. The first kappa shape index (κ1) is 17.6. The van der Waals surface area contributed by atoms with Crippen molar-refractivity contribution >= 4 is 15.9 Å². The Balaban J connectivity index is 1.65. The molecule has 128 valence electrons. The Bertz CT molecular complexity index is 464. The average Bonchev–Trinajstić information content (AvgIpc) is 2.51. The van der Waals surface area contributed by atoms with Crippen molar-refractivity contribution in [2.75, 3.05) is 52.2 Å². The van der Waals surface area contributed by atoms with Crippen LogP contribution in [0.1, 0.15) is 19.3 Å². The third-order valence-corrected chi connectivity index (χ3v) is 5.03. The molecule has 0 unspecified atom stereocenters. The number of hydroxylamine groups is 2. The van der Waals surface area contributed by atoms with Crippen molar-refractivity contribution in [2.45, 2.75) is 25.4 Å². The van der Waals surface area contributed by atoms with Gasteiger partial charge in [0.15, 0.2) is 0 Å². The molecule has 9 heteroatoms. The van der Waals surface area contributed by atoms with Gasteiger partial charge in [0.1, 0.15) is 0 Å². The third-order valence-electron chi connectivity index (χ3n) is 3.76. The van der Waals surface area contributed by atoms with Gasteiger partial charge in [0.2, 0.25) is 15.9 Å². The minimum atomic E-state index is -3.20. The van der Waals surface area contributed by atoms with Crippen molar-refractivity contribution in [3.63, 3.8) is 0 Å². The lowest BCUT2D eigenvalue weighted by atomic mass is 10.2. The minimum absolute atomic E-state index is 0.0748. The standard InChI is InChI=1S/C13H25N3O5S/c1-22(18,19)16-7-9-20-12(11-16)10-14-13(17)4-6-15-5-2-3-8-21-15/h12H,2-11H2,1H3,(H,14,17)/t12-/m0/s1. The predicted octanol–water partition coefficient (Wildman–Crippen LogP) is -0.819. The first-order valence-corrected chi connectivity index (χ1v) is 9.51. The monoisotopic (exact) mass is 335 g/mol. The van der Waals surface area contributed by atoms with Crippen molar-refractivity contribution < 1.29 is 22.8 Å². The van der Waals surface area contributed by atoms with E-state index in [2.05, 4.69) is 5.32 Å². The molecular formula is C13H25N3O5S. The highest BCUT2D eigenvalue weighted by molar-refractivity contribution is 7.88. The summed E-state index contributed by atoms with van der Waals surface area (Å²) in [6, 6.07) is 0. The number of amides is 1. The number of hydrogen-bond acceptors (Lipinski definition) is 6. The highest BCUT2D eigenvalue weighted by Crippen LogP contribution is 2.09. The Morgan fingerprint density at radius 2 is 2.09 bits per heavy atom. The maximum atomic E-state index is 11.8. The number of carbonyl (C=O) groups excluding carboxylic acids is 1. The van der Waals surface area contributed by atoms with Gasteiger partial charge in [-0.05, 0) is 12.8 Å². The van der Waals surface area contributed by atoms with Crippen LogP contribution in [0.2, 0.25) is 0 Å². The summed E-state index contributed by atoms with van der Waals surface area (Å²) < 4.78 is 29.9. The second-order valence-corrected chi connectivity index (χ2v) is 7.62. The van der Waals surface area contributed by atoms with Crippen molar-refractivity contribution in [2.24, 2.45) is 0 Å². The highest BCUT2D eigenvalue weighted by Gasteiger charge is 2.26. The number of carbonyl (C=O) groups is 1. The van der Waals surface area contributed by atoms with E-state index in [1.807, 2.05) is 5.06 Å². The molecule has 0 aromatic heterocycles. The van der Waals surface area contributed by atoms with E-state index in [1.165, 1.54) is 10.6 Å². The third kappa shape index (κ3) is 5.81. The molecule has 0 radical (unpaired) electrons. The van der Waals surface area contributed by atoms with Crippen molar-refractivity contribution in [3.05, 3.63) is 0 Å². The Labute approximate surface area is 131 Å². The van der Waals surface area contributed by atoms with E-state index in [0.717, 1.165) is 26.0 Å². The summed E-state index contributed by atoms with van der Waals surface area (Å²) in [5.74, 6) is -0.0748. The highest BCUT2D eigenvalue weighted by atomic mass is 32.2. The predicted molar refractivity (Wildman–Crippen MR) is 80.5 cm³/mol. The van der Waals surface area contributed by atoms with Crippen LogP contribution in [-0.2, 0) is 24.4 Å². The van der Waals surface area contributed by atoms with Crippen LogP contribution < -0.4 is 5.32 Å². The van der Waals surface area contributed by atoms with Gasteiger partial charge in [0.25, 0.3) is 0 Å². The molecule has 2 rings (SSSR count). The fraction of sp³-hybridized carbons (Fsp3) is 0.923. The topological polar surface area (TPSA) is 88.2 Å². The number of rotatable bonds is 6. The molecule has 1 amide bonds. The van der Waals surface area contributed by atoms with Crippen LogP contribution in [0, 0.1) is 0 Å². The summed E-state index contributed by atoms with van der Waals surface area (Å²) in [6.07, 6.45) is 3.42. The van der Waals surface area contributed by atoms with Crippen LogP contribution in [0.25, 0.3) is 0 Å². The van der Waals surface area contributed by atoms with Crippen molar-refractivity contribution in [1.29, 1.82) is 0 Å². The zero-order valence-electron chi connectivity index (χ0n) is 13.0. The molecule has 0 aromatic carbocycles. The largest absolute Gasteiger partial charge is 0.374 e. The summed E-state index contributed by atoms with van der Waals surface area (Å²) in [7, 11) is -3.20. The molecule has 2 saturated heterocycles. The van der Waals surface area contributed by atoms with Crippen LogP contribution in [0.15, 0.2) is 0 Å². The number of sulfonamides is 1. The van der Waals surface area contributed by atoms with E-state index in [0.29, 0.717) is 32.7 Å². The average molecular weight is 335 g/mol. The van der Waals surface area contributed by atoms with Crippen LogP contribution >= 0.6 is 0 Å². The first-order chi connectivity index (χ1) is 10.4. The van der Waals surface area contributed by atoms with Gasteiger partial charge in [0.05, 0.1) is 25.6 Å². The molecule has 2 aliphatic rings. The Hall–Kier alpha value is -0.740. The molecule has 1 atom stereocenters. The molecule has 22 heavy (non-hydrogen) atoms. The maximum Gasteiger partial charge on any atom is 0.221 e. The first-order valence-electron chi connectivity index (χ1n) is 7.66. The van der Waals surface area contributed by atoms with E-state index < -0.39 is 10.0 Å². The van der Waals surface area contributed by atoms with Crippen LogP contribution in [-0.4, -0.2) is 82.0 Å². The quantitative estimate of drug-likeness (QED) is 0.682. The van der Waals surface area contributed by atoms with E-state index in [-0.39, 0.29) is 18.6 Å². The number of nitrogens with one attached hydrogen (secondary N) is 1. The molecule has 0 spiro atoms. The van der Waals surface area contributed by atoms with Gasteiger partial charge in [-0.1, -0.05) is 0 Å².